The summed E-state index contributed by atoms with van der Waals surface area (Å²) in [5.74, 6) is 7.11. The molecular weight excluding hydrogens is 410 g/mol. The second kappa shape index (κ2) is 11.5. The van der Waals surface area contributed by atoms with Gasteiger partial charge in [0.05, 0.1) is 25.2 Å². The van der Waals surface area contributed by atoms with Gasteiger partial charge in [0, 0.05) is 49.1 Å². The van der Waals surface area contributed by atoms with Gasteiger partial charge in [-0.1, -0.05) is 5.92 Å². The molecule has 0 saturated heterocycles. The van der Waals surface area contributed by atoms with Crippen molar-refractivity contribution in [2.45, 2.75) is 19.3 Å². The summed E-state index contributed by atoms with van der Waals surface area (Å²) in [5.41, 5.74) is 7.16. The average molecular weight is 435 g/mol. The van der Waals surface area contributed by atoms with E-state index in [1.807, 2.05) is 0 Å². The number of ether oxygens (including phenoxy) is 2. The second-order valence-corrected chi connectivity index (χ2v) is 6.86. The minimum atomic E-state index is -0.856. The number of nitrogens with zero attached hydrogens (tertiary/aromatic N) is 3. The van der Waals surface area contributed by atoms with E-state index in [4.69, 9.17) is 20.3 Å². The molecule has 0 aliphatic carbocycles. The van der Waals surface area contributed by atoms with Gasteiger partial charge in [-0.2, -0.15) is 0 Å². The number of nitrogen functional groups attached to an aromatic ring is 1. The molecule has 3 aromatic heterocycles. The molecule has 3 heterocycles. The molecule has 0 saturated carbocycles. The van der Waals surface area contributed by atoms with Crippen molar-refractivity contribution >= 4 is 28.4 Å². The molecule has 32 heavy (non-hydrogen) atoms. The first-order valence-electron chi connectivity index (χ1n) is 10.2. The Morgan fingerprint density at radius 2 is 1.94 bits per heavy atom. The number of pyridine rings is 3. The number of nitrogens with one attached hydrogen (secondary N) is 1. The van der Waals surface area contributed by atoms with Gasteiger partial charge >= 0.3 is 5.97 Å². The van der Waals surface area contributed by atoms with Crippen molar-refractivity contribution in [1.82, 2.24) is 15.0 Å². The molecule has 0 amide bonds. The highest BCUT2D eigenvalue weighted by molar-refractivity contribution is 5.96. The molecule has 0 aliphatic heterocycles. The van der Waals surface area contributed by atoms with Crippen molar-refractivity contribution in [1.29, 1.82) is 0 Å². The van der Waals surface area contributed by atoms with Gasteiger partial charge in [0.15, 0.2) is 0 Å². The Kier molecular flexibility index (Phi) is 8.17. The van der Waals surface area contributed by atoms with Crippen LogP contribution in [0, 0.1) is 11.8 Å². The van der Waals surface area contributed by atoms with E-state index < -0.39 is 5.97 Å². The molecule has 9 heteroatoms. The molecule has 0 bridgehead atoms. The highest BCUT2D eigenvalue weighted by Crippen LogP contribution is 2.24. The van der Waals surface area contributed by atoms with E-state index in [-0.39, 0.29) is 13.0 Å². The van der Waals surface area contributed by atoms with Crippen LogP contribution in [0.3, 0.4) is 0 Å². The molecule has 4 N–H and O–H groups in total. The van der Waals surface area contributed by atoms with Gasteiger partial charge in [-0.3, -0.25) is 4.79 Å². The van der Waals surface area contributed by atoms with Crippen LogP contribution < -0.4 is 15.8 Å². The Hall–Kier alpha value is -3.90. The number of anilines is 2. The van der Waals surface area contributed by atoms with Gasteiger partial charge in [-0.05, 0) is 30.9 Å². The first kappa shape index (κ1) is 22.8. The van der Waals surface area contributed by atoms with E-state index in [1.54, 1.807) is 43.8 Å². The molecule has 0 atom stereocenters. The van der Waals surface area contributed by atoms with E-state index in [0.29, 0.717) is 36.3 Å². The van der Waals surface area contributed by atoms with Crippen molar-refractivity contribution in [3.05, 3.63) is 48.0 Å². The van der Waals surface area contributed by atoms with Crippen LogP contribution in [0.25, 0.3) is 10.8 Å². The lowest BCUT2D eigenvalue weighted by molar-refractivity contribution is -0.138. The van der Waals surface area contributed by atoms with Gasteiger partial charge < -0.3 is 25.6 Å². The number of nitrogens with two attached hydrogens (primary N) is 1. The number of carboxylic acid groups (broad SMARTS) is 1. The lowest BCUT2D eigenvalue weighted by atomic mass is 10.1. The Balaban J connectivity index is 1.59. The lowest BCUT2D eigenvalue weighted by Crippen LogP contribution is -2.05. The van der Waals surface area contributed by atoms with E-state index in [1.165, 1.54) is 0 Å². The maximum absolute atomic E-state index is 10.4. The number of hydrogen-bond acceptors (Lipinski definition) is 8. The standard InChI is InChI=1S/C23H25N5O4/c1-25-23-20-15-27-21(24)13-19(20)16(14-28-23)4-5-17-12-18(6-8-26-17)32-10-3-2-9-31-11-7-22(29)30/h6,8,12-15H,2-3,7,9-11H2,1H3,(H2,24,27)(H,25,28)(H,29,30). The van der Waals surface area contributed by atoms with Crippen LogP contribution in [0.15, 0.2) is 36.8 Å². The lowest BCUT2D eigenvalue weighted by Gasteiger charge is -2.07. The van der Waals surface area contributed by atoms with Gasteiger partial charge in [-0.15, -0.1) is 0 Å². The van der Waals surface area contributed by atoms with Gasteiger partial charge in [-0.25, -0.2) is 15.0 Å². The van der Waals surface area contributed by atoms with Crippen molar-refractivity contribution in [2.24, 2.45) is 0 Å². The van der Waals surface area contributed by atoms with Crippen molar-refractivity contribution < 1.29 is 19.4 Å². The molecule has 166 valence electrons. The summed E-state index contributed by atoms with van der Waals surface area (Å²) in [6.07, 6.45) is 6.63. The zero-order valence-electron chi connectivity index (χ0n) is 17.8. The van der Waals surface area contributed by atoms with Crippen LogP contribution in [0.2, 0.25) is 0 Å². The fraction of sp³-hybridized carbons (Fsp3) is 0.304. The summed E-state index contributed by atoms with van der Waals surface area (Å²) in [6.45, 7) is 1.26. The van der Waals surface area contributed by atoms with Crippen LogP contribution in [-0.2, 0) is 9.53 Å². The summed E-state index contributed by atoms with van der Waals surface area (Å²) in [5, 5.41) is 13.3. The number of carbonyl (C=O) groups is 1. The van der Waals surface area contributed by atoms with Crippen LogP contribution >= 0.6 is 0 Å². The first-order chi connectivity index (χ1) is 15.6. The number of fused-ring (bicyclic) bond motifs is 1. The topological polar surface area (TPSA) is 132 Å². The largest absolute Gasteiger partial charge is 0.493 e. The van der Waals surface area contributed by atoms with Crippen LogP contribution in [0.1, 0.15) is 30.5 Å². The third kappa shape index (κ3) is 6.55. The Labute approximate surface area is 186 Å². The molecule has 9 nitrogen and oxygen atoms in total. The molecule has 0 aromatic carbocycles. The third-order valence-electron chi connectivity index (χ3n) is 4.50. The van der Waals surface area contributed by atoms with Crippen LogP contribution in [-0.4, -0.2) is 52.9 Å². The predicted octanol–water partition coefficient (Wildman–Crippen LogP) is 2.70. The van der Waals surface area contributed by atoms with E-state index >= 15 is 0 Å². The maximum atomic E-state index is 10.4. The van der Waals surface area contributed by atoms with Gasteiger partial charge in [0.2, 0.25) is 0 Å². The Morgan fingerprint density at radius 3 is 2.75 bits per heavy atom. The zero-order chi connectivity index (χ0) is 22.8. The molecular formula is C23H25N5O4. The number of aromatic nitrogens is 3. The maximum Gasteiger partial charge on any atom is 0.305 e. The quantitative estimate of drug-likeness (QED) is 0.325. The summed E-state index contributed by atoms with van der Waals surface area (Å²) in [4.78, 5) is 23.2. The minimum Gasteiger partial charge on any atom is -0.493 e. The average Bonchev–Trinajstić information content (AvgIpc) is 2.79. The van der Waals surface area contributed by atoms with Gasteiger partial charge in [0.25, 0.3) is 0 Å². The summed E-state index contributed by atoms with van der Waals surface area (Å²) in [7, 11) is 1.80. The molecule has 0 spiro atoms. The van der Waals surface area contributed by atoms with Crippen molar-refractivity contribution in [2.75, 3.05) is 37.9 Å². The molecule has 3 rings (SSSR count). The fourth-order valence-electron chi connectivity index (χ4n) is 2.91. The van der Waals surface area contributed by atoms with Crippen molar-refractivity contribution in [3.63, 3.8) is 0 Å². The zero-order valence-corrected chi connectivity index (χ0v) is 17.8. The van der Waals surface area contributed by atoms with Crippen LogP contribution in [0.5, 0.6) is 5.75 Å². The molecule has 0 aliphatic rings. The first-order valence-corrected chi connectivity index (χ1v) is 10.2. The number of rotatable bonds is 10. The van der Waals surface area contributed by atoms with Gasteiger partial charge in [0.1, 0.15) is 23.1 Å². The molecule has 0 radical (unpaired) electrons. The van der Waals surface area contributed by atoms with Crippen molar-refractivity contribution in [3.8, 4) is 17.6 Å². The number of unbranched alkanes of at least 4 members (excludes halogenated alkanes) is 1. The molecule has 0 unspecified atom stereocenters. The Bertz CT molecular complexity index is 1140. The number of carboxylic acids is 1. The van der Waals surface area contributed by atoms with E-state index in [9.17, 15) is 4.79 Å². The number of aliphatic carboxylic acids is 1. The summed E-state index contributed by atoms with van der Waals surface area (Å²) < 4.78 is 11.0. The summed E-state index contributed by atoms with van der Waals surface area (Å²) in [6, 6.07) is 5.34. The third-order valence-corrected chi connectivity index (χ3v) is 4.50. The van der Waals surface area contributed by atoms with Crippen LogP contribution in [0.4, 0.5) is 11.6 Å². The summed E-state index contributed by atoms with van der Waals surface area (Å²) >= 11 is 0. The fourth-order valence-corrected chi connectivity index (χ4v) is 2.91. The SMILES string of the molecule is CNc1ncc(C#Cc2cc(OCCCCOCCC(=O)O)ccn2)c2cc(N)ncc12. The molecule has 0 fully saturated rings. The van der Waals surface area contributed by atoms with E-state index in [0.717, 1.165) is 29.2 Å². The highest BCUT2D eigenvalue weighted by atomic mass is 16.5. The normalized spacial score (nSPS) is 10.4. The number of hydrogen-bond donors (Lipinski definition) is 3. The minimum absolute atomic E-state index is 0.0209. The smallest absolute Gasteiger partial charge is 0.305 e. The van der Waals surface area contributed by atoms with E-state index in [2.05, 4.69) is 32.1 Å². The highest BCUT2D eigenvalue weighted by Gasteiger charge is 2.07. The predicted molar refractivity (Wildman–Crippen MR) is 122 cm³/mol. The Morgan fingerprint density at radius 1 is 1.09 bits per heavy atom. The monoisotopic (exact) mass is 435 g/mol. The second-order valence-electron chi connectivity index (χ2n) is 6.86. The molecule has 3 aromatic rings.